The third-order valence-corrected chi connectivity index (χ3v) is 2.83. The van der Waals surface area contributed by atoms with E-state index in [1.165, 1.54) is 16.7 Å². The Balaban J connectivity index is 2.57. The predicted octanol–water partition coefficient (Wildman–Crippen LogP) is 3.01. The van der Waals surface area contributed by atoms with E-state index < -0.39 is 0 Å². The maximum absolute atomic E-state index is 5.20. The fourth-order valence-corrected chi connectivity index (χ4v) is 1.99. The summed E-state index contributed by atoms with van der Waals surface area (Å²) in [5, 5.41) is 7.23. The quantitative estimate of drug-likeness (QED) is 0.838. The van der Waals surface area contributed by atoms with Crippen molar-refractivity contribution in [3.8, 4) is 16.9 Å². The first-order valence-corrected chi connectivity index (χ1v) is 5.30. The van der Waals surface area contributed by atoms with E-state index >= 15 is 0 Å². The van der Waals surface area contributed by atoms with Crippen LogP contribution in [-0.4, -0.2) is 17.3 Å². The van der Waals surface area contributed by atoms with Crippen LogP contribution < -0.4 is 4.74 Å². The molecule has 0 aliphatic heterocycles. The molecule has 0 amide bonds. The van der Waals surface area contributed by atoms with E-state index in [9.17, 15) is 0 Å². The molecule has 3 heteroatoms. The van der Waals surface area contributed by atoms with Gasteiger partial charge in [0.1, 0.15) is 5.75 Å². The van der Waals surface area contributed by atoms with E-state index in [0.29, 0.717) is 0 Å². The normalized spacial score (nSPS) is 10.5. The Kier molecular flexibility index (Phi) is 2.69. The molecule has 84 valence electrons. The molecule has 0 radical (unpaired) electrons. The van der Waals surface area contributed by atoms with Gasteiger partial charge in [0.05, 0.1) is 12.8 Å². The number of H-pyrrole nitrogens is 1. The van der Waals surface area contributed by atoms with Gasteiger partial charge in [-0.3, -0.25) is 5.10 Å². The first kappa shape index (κ1) is 10.7. The summed E-state index contributed by atoms with van der Waals surface area (Å²) in [7, 11) is 1.68. The number of aromatic amines is 1. The maximum Gasteiger partial charge on any atom is 0.119 e. The summed E-state index contributed by atoms with van der Waals surface area (Å²) in [5.74, 6) is 0.889. The monoisotopic (exact) mass is 216 g/mol. The molecule has 1 aromatic carbocycles. The minimum atomic E-state index is 0.889. The lowest BCUT2D eigenvalue weighted by Gasteiger charge is -2.08. The van der Waals surface area contributed by atoms with Crippen molar-refractivity contribution in [1.29, 1.82) is 0 Å². The van der Waals surface area contributed by atoms with Crippen LogP contribution in [0.1, 0.15) is 17.0 Å². The molecule has 0 saturated heterocycles. The Hall–Kier alpha value is -1.77. The maximum atomic E-state index is 5.20. The second-order valence-electron chi connectivity index (χ2n) is 3.99. The minimum Gasteiger partial charge on any atom is -0.497 e. The summed E-state index contributed by atoms with van der Waals surface area (Å²) < 4.78 is 5.20. The van der Waals surface area contributed by atoms with Crippen LogP contribution in [0.4, 0.5) is 0 Å². The molecule has 1 aromatic heterocycles. The SMILES string of the molecule is COc1ccc(-c2c(C)n[nH]c2C)c(C)c1. The molecule has 1 heterocycles. The molecule has 0 unspecified atom stereocenters. The van der Waals surface area contributed by atoms with E-state index in [1.54, 1.807) is 7.11 Å². The minimum absolute atomic E-state index is 0.889. The largest absolute Gasteiger partial charge is 0.497 e. The van der Waals surface area contributed by atoms with Gasteiger partial charge in [0.2, 0.25) is 0 Å². The van der Waals surface area contributed by atoms with Crippen LogP contribution in [0.5, 0.6) is 5.75 Å². The summed E-state index contributed by atoms with van der Waals surface area (Å²) in [6.07, 6.45) is 0. The molecule has 3 nitrogen and oxygen atoms in total. The van der Waals surface area contributed by atoms with Gasteiger partial charge in [-0.25, -0.2) is 0 Å². The zero-order chi connectivity index (χ0) is 11.7. The van der Waals surface area contributed by atoms with Crippen LogP contribution in [0.25, 0.3) is 11.1 Å². The molecular formula is C13H16N2O. The zero-order valence-corrected chi connectivity index (χ0v) is 10.1. The first-order chi connectivity index (χ1) is 7.63. The van der Waals surface area contributed by atoms with Crippen LogP contribution in [0, 0.1) is 20.8 Å². The van der Waals surface area contributed by atoms with Crippen molar-refractivity contribution in [2.75, 3.05) is 7.11 Å². The fourth-order valence-electron chi connectivity index (χ4n) is 1.99. The van der Waals surface area contributed by atoms with Crippen molar-refractivity contribution < 1.29 is 4.74 Å². The third kappa shape index (κ3) is 1.69. The van der Waals surface area contributed by atoms with Gasteiger partial charge in [0.15, 0.2) is 0 Å². The smallest absolute Gasteiger partial charge is 0.119 e. The summed E-state index contributed by atoms with van der Waals surface area (Å²) in [6, 6.07) is 6.11. The Bertz CT molecular complexity index is 495. The van der Waals surface area contributed by atoms with Crippen LogP contribution in [0.3, 0.4) is 0 Å². The average molecular weight is 216 g/mol. The molecule has 0 aliphatic carbocycles. The Morgan fingerprint density at radius 2 is 1.94 bits per heavy atom. The fraction of sp³-hybridized carbons (Fsp3) is 0.308. The molecule has 0 aliphatic rings. The average Bonchev–Trinajstić information content (AvgIpc) is 2.59. The van der Waals surface area contributed by atoms with Crippen LogP contribution in [0.15, 0.2) is 18.2 Å². The van der Waals surface area contributed by atoms with E-state index in [2.05, 4.69) is 23.2 Å². The standard InChI is InChI=1S/C13H16N2O/c1-8-7-11(16-4)5-6-12(8)13-9(2)14-15-10(13)3/h5-7H,1-4H3,(H,14,15). The van der Waals surface area contributed by atoms with Gasteiger partial charge >= 0.3 is 0 Å². The van der Waals surface area contributed by atoms with Crippen molar-refractivity contribution >= 4 is 0 Å². The number of hydrogen-bond donors (Lipinski definition) is 1. The second kappa shape index (κ2) is 4.00. The van der Waals surface area contributed by atoms with E-state index in [0.717, 1.165) is 17.1 Å². The lowest BCUT2D eigenvalue weighted by molar-refractivity contribution is 0.414. The molecular weight excluding hydrogens is 200 g/mol. The summed E-state index contributed by atoms with van der Waals surface area (Å²) >= 11 is 0. The number of hydrogen-bond acceptors (Lipinski definition) is 2. The number of nitrogens with one attached hydrogen (secondary N) is 1. The number of aryl methyl sites for hydroxylation is 3. The van der Waals surface area contributed by atoms with E-state index in [1.807, 2.05) is 26.0 Å². The molecule has 1 N–H and O–H groups in total. The topological polar surface area (TPSA) is 37.9 Å². The molecule has 2 rings (SSSR count). The first-order valence-electron chi connectivity index (χ1n) is 5.30. The highest BCUT2D eigenvalue weighted by Crippen LogP contribution is 2.30. The predicted molar refractivity (Wildman–Crippen MR) is 64.8 cm³/mol. The number of nitrogens with zero attached hydrogens (tertiary/aromatic N) is 1. The Labute approximate surface area is 95.5 Å². The summed E-state index contributed by atoms with van der Waals surface area (Å²) in [6.45, 7) is 6.14. The molecule has 0 spiro atoms. The molecule has 2 aromatic rings. The number of methoxy groups -OCH3 is 1. The van der Waals surface area contributed by atoms with Crippen molar-refractivity contribution in [2.24, 2.45) is 0 Å². The van der Waals surface area contributed by atoms with Gasteiger partial charge < -0.3 is 4.74 Å². The van der Waals surface area contributed by atoms with Crippen molar-refractivity contribution in [1.82, 2.24) is 10.2 Å². The number of ether oxygens (including phenoxy) is 1. The summed E-state index contributed by atoms with van der Waals surface area (Å²) in [5.41, 5.74) is 5.74. The van der Waals surface area contributed by atoms with Gasteiger partial charge in [-0.2, -0.15) is 5.10 Å². The van der Waals surface area contributed by atoms with E-state index in [-0.39, 0.29) is 0 Å². The zero-order valence-electron chi connectivity index (χ0n) is 10.1. The van der Waals surface area contributed by atoms with E-state index in [4.69, 9.17) is 4.74 Å². The highest BCUT2D eigenvalue weighted by atomic mass is 16.5. The van der Waals surface area contributed by atoms with Gasteiger partial charge in [0, 0.05) is 11.3 Å². The summed E-state index contributed by atoms with van der Waals surface area (Å²) in [4.78, 5) is 0. The molecule has 0 atom stereocenters. The van der Waals surface area contributed by atoms with Crippen LogP contribution in [-0.2, 0) is 0 Å². The van der Waals surface area contributed by atoms with Gasteiger partial charge in [-0.15, -0.1) is 0 Å². The van der Waals surface area contributed by atoms with Crippen molar-refractivity contribution in [3.63, 3.8) is 0 Å². The van der Waals surface area contributed by atoms with Gasteiger partial charge in [-0.05, 0) is 44.0 Å². The lowest BCUT2D eigenvalue weighted by Crippen LogP contribution is -1.89. The van der Waals surface area contributed by atoms with Crippen LogP contribution >= 0.6 is 0 Å². The molecule has 0 fully saturated rings. The molecule has 0 saturated carbocycles. The lowest BCUT2D eigenvalue weighted by atomic mass is 9.99. The van der Waals surface area contributed by atoms with Gasteiger partial charge in [0.25, 0.3) is 0 Å². The number of aromatic nitrogens is 2. The number of rotatable bonds is 2. The highest BCUT2D eigenvalue weighted by Gasteiger charge is 2.11. The Morgan fingerprint density at radius 1 is 1.19 bits per heavy atom. The van der Waals surface area contributed by atoms with Crippen molar-refractivity contribution in [2.45, 2.75) is 20.8 Å². The van der Waals surface area contributed by atoms with Crippen molar-refractivity contribution in [3.05, 3.63) is 35.2 Å². The Morgan fingerprint density at radius 3 is 2.44 bits per heavy atom. The third-order valence-electron chi connectivity index (χ3n) is 2.83. The molecule has 0 bridgehead atoms. The van der Waals surface area contributed by atoms with Crippen LogP contribution in [0.2, 0.25) is 0 Å². The molecule has 16 heavy (non-hydrogen) atoms. The second-order valence-corrected chi connectivity index (χ2v) is 3.99. The highest BCUT2D eigenvalue weighted by molar-refractivity contribution is 5.72. The van der Waals surface area contributed by atoms with Gasteiger partial charge in [-0.1, -0.05) is 6.07 Å². The number of benzene rings is 1.